The third-order valence-corrected chi connectivity index (χ3v) is 3.35. The van der Waals surface area contributed by atoms with Crippen molar-refractivity contribution in [1.82, 2.24) is 4.98 Å². The molecule has 4 nitrogen and oxygen atoms in total. The first-order valence-electron chi connectivity index (χ1n) is 5.12. The molecule has 2 rings (SSSR count). The largest absolute Gasteiger partial charge is 0.272 e. The molecular weight excluding hydrogens is 255 g/mol. The fraction of sp³-hybridized carbons (Fsp3) is 0.0833. The summed E-state index contributed by atoms with van der Waals surface area (Å²) in [5, 5.41) is 10.5. The predicted molar refractivity (Wildman–Crippen MR) is 66.9 cm³/mol. The minimum atomic E-state index is -0.608. The Labute approximate surface area is 107 Å². The molecular formula is C12H9FN2O2S. The monoisotopic (exact) mass is 264 g/mol. The van der Waals surface area contributed by atoms with Crippen molar-refractivity contribution < 1.29 is 9.31 Å². The number of nitro groups is 1. The zero-order valence-electron chi connectivity index (χ0n) is 9.25. The lowest BCUT2D eigenvalue weighted by atomic mass is 10.2. The first-order valence-corrected chi connectivity index (χ1v) is 6.11. The van der Waals surface area contributed by atoms with Gasteiger partial charge in [0.05, 0.1) is 11.0 Å². The number of nitro benzene ring substituents is 1. The highest BCUT2D eigenvalue weighted by Gasteiger charge is 2.10. The molecule has 0 bridgehead atoms. The van der Waals surface area contributed by atoms with E-state index in [1.807, 2.05) is 12.1 Å². The molecule has 0 spiro atoms. The van der Waals surface area contributed by atoms with Crippen LogP contribution in [0.15, 0.2) is 47.6 Å². The summed E-state index contributed by atoms with van der Waals surface area (Å²) in [5.41, 5.74) is 0.215. The van der Waals surface area contributed by atoms with E-state index < -0.39 is 10.7 Å². The number of rotatable bonds is 4. The second-order valence-electron chi connectivity index (χ2n) is 3.50. The van der Waals surface area contributed by atoms with Crippen molar-refractivity contribution >= 4 is 17.4 Å². The molecule has 92 valence electrons. The number of thioether (sulfide) groups is 1. The molecule has 1 heterocycles. The molecule has 0 radical (unpaired) electrons. The quantitative estimate of drug-likeness (QED) is 0.482. The van der Waals surface area contributed by atoms with Gasteiger partial charge in [0.2, 0.25) is 0 Å². The van der Waals surface area contributed by atoms with Gasteiger partial charge in [0.15, 0.2) is 0 Å². The Bertz CT molecular complexity index is 563. The Morgan fingerprint density at radius 1 is 1.28 bits per heavy atom. The minimum absolute atomic E-state index is 0.231. The molecule has 2 aromatic rings. The molecule has 1 aromatic carbocycles. The maximum Gasteiger partial charge on any atom is 0.272 e. The highest BCUT2D eigenvalue weighted by atomic mass is 32.2. The van der Waals surface area contributed by atoms with Gasteiger partial charge in [-0.1, -0.05) is 0 Å². The van der Waals surface area contributed by atoms with Gasteiger partial charge in [-0.25, -0.2) is 4.39 Å². The van der Waals surface area contributed by atoms with Crippen LogP contribution in [0.5, 0.6) is 0 Å². The Morgan fingerprint density at radius 3 is 2.61 bits per heavy atom. The van der Waals surface area contributed by atoms with Gasteiger partial charge >= 0.3 is 0 Å². The van der Waals surface area contributed by atoms with Crippen LogP contribution in [0.4, 0.5) is 10.1 Å². The zero-order chi connectivity index (χ0) is 13.0. The van der Waals surface area contributed by atoms with Gasteiger partial charge in [-0.3, -0.25) is 15.1 Å². The minimum Gasteiger partial charge on any atom is -0.265 e. The Kier molecular flexibility index (Phi) is 3.88. The molecule has 1 aromatic heterocycles. The third-order valence-electron chi connectivity index (χ3n) is 2.29. The van der Waals surface area contributed by atoms with Crippen LogP contribution in [-0.4, -0.2) is 9.91 Å². The van der Waals surface area contributed by atoms with E-state index >= 15 is 0 Å². The molecule has 0 atom stereocenters. The number of hydrogen-bond donors (Lipinski definition) is 0. The number of benzene rings is 1. The summed E-state index contributed by atoms with van der Waals surface area (Å²) in [6.45, 7) is 0. The lowest BCUT2D eigenvalue weighted by Gasteiger charge is -2.03. The molecule has 0 amide bonds. The molecule has 0 N–H and O–H groups in total. The first kappa shape index (κ1) is 12.5. The molecule has 0 unspecified atom stereocenters. The SMILES string of the molecule is O=[N+]([O-])c1ccc(CSc2ccncc2)c(F)c1. The van der Waals surface area contributed by atoms with Crippen LogP contribution in [-0.2, 0) is 5.75 Å². The van der Waals surface area contributed by atoms with Crippen LogP contribution in [0.1, 0.15) is 5.56 Å². The van der Waals surface area contributed by atoms with Gasteiger partial charge in [-0.2, -0.15) is 0 Å². The topological polar surface area (TPSA) is 56.0 Å². The predicted octanol–water partition coefficient (Wildman–Crippen LogP) is 3.42. The van der Waals surface area contributed by atoms with Crippen LogP contribution in [0.2, 0.25) is 0 Å². The van der Waals surface area contributed by atoms with Crippen molar-refractivity contribution in [3.8, 4) is 0 Å². The molecule has 0 aliphatic carbocycles. The second kappa shape index (κ2) is 5.59. The van der Waals surface area contributed by atoms with E-state index in [4.69, 9.17) is 0 Å². The summed E-state index contributed by atoms with van der Waals surface area (Å²) in [6, 6.07) is 7.36. The van der Waals surface area contributed by atoms with Crippen LogP contribution in [0.3, 0.4) is 0 Å². The van der Waals surface area contributed by atoms with Crippen LogP contribution < -0.4 is 0 Å². The van der Waals surface area contributed by atoms with Gasteiger partial charge in [-0.05, 0) is 23.8 Å². The summed E-state index contributed by atoms with van der Waals surface area (Å²) in [7, 11) is 0. The van der Waals surface area contributed by atoms with Crippen molar-refractivity contribution in [3.63, 3.8) is 0 Å². The Balaban J connectivity index is 2.08. The van der Waals surface area contributed by atoms with Gasteiger partial charge in [-0.15, -0.1) is 11.8 Å². The highest BCUT2D eigenvalue weighted by Crippen LogP contribution is 2.25. The van der Waals surface area contributed by atoms with Crippen LogP contribution >= 0.6 is 11.8 Å². The Morgan fingerprint density at radius 2 is 2.00 bits per heavy atom. The molecule has 6 heteroatoms. The van der Waals surface area contributed by atoms with Crippen molar-refractivity contribution in [1.29, 1.82) is 0 Å². The molecule has 18 heavy (non-hydrogen) atoms. The first-order chi connectivity index (χ1) is 8.66. The van der Waals surface area contributed by atoms with Crippen molar-refractivity contribution in [2.24, 2.45) is 0 Å². The van der Waals surface area contributed by atoms with Gasteiger partial charge < -0.3 is 0 Å². The normalized spacial score (nSPS) is 10.3. The molecule has 0 saturated heterocycles. The number of non-ortho nitro benzene ring substituents is 1. The van der Waals surface area contributed by atoms with Crippen molar-refractivity contribution in [2.45, 2.75) is 10.6 Å². The summed E-state index contributed by atoms with van der Waals surface area (Å²) in [6.07, 6.45) is 3.32. The van der Waals surface area contributed by atoms with Gasteiger partial charge in [0, 0.05) is 29.1 Å². The van der Waals surface area contributed by atoms with Crippen LogP contribution in [0, 0.1) is 15.9 Å². The van der Waals surface area contributed by atoms with Crippen molar-refractivity contribution in [3.05, 3.63) is 64.2 Å². The average Bonchev–Trinajstić information content (AvgIpc) is 2.38. The van der Waals surface area contributed by atoms with E-state index in [1.54, 1.807) is 12.4 Å². The Hall–Kier alpha value is -1.95. The fourth-order valence-corrected chi connectivity index (χ4v) is 2.23. The third kappa shape index (κ3) is 3.04. The fourth-order valence-electron chi connectivity index (χ4n) is 1.36. The number of aromatic nitrogens is 1. The summed E-state index contributed by atoms with van der Waals surface area (Å²) in [5.74, 6) is -0.126. The summed E-state index contributed by atoms with van der Waals surface area (Å²) < 4.78 is 13.6. The number of hydrogen-bond acceptors (Lipinski definition) is 4. The number of nitrogens with zero attached hydrogens (tertiary/aromatic N) is 2. The highest BCUT2D eigenvalue weighted by molar-refractivity contribution is 7.98. The summed E-state index contributed by atoms with van der Waals surface area (Å²) in [4.78, 5) is 14.7. The van der Waals surface area contributed by atoms with Crippen molar-refractivity contribution in [2.75, 3.05) is 0 Å². The smallest absolute Gasteiger partial charge is 0.265 e. The molecule has 0 saturated carbocycles. The van der Waals surface area contributed by atoms with E-state index in [0.29, 0.717) is 11.3 Å². The number of halogens is 1. The second-order valence-corrected chi connectivity index (χ2v) is 4.55. The van der Waals surface area contributed by atoms with Crippen LogP contribution in [0.25, 0.3) is 0 Å². The average molecular weight is 264 g/mol. The zero-order valence-corrected chi connectivity index (χ0v) is 10.1. The molecule has 0 aliphatic heterocycles. The van der Waals surface area contributed by atoms with E-state index in [9.17, 15) is 14.5 Å². The lowest BCUT2D eigenvalue weighted by Crippen LogP contribution is -1.92. The lowest BCUT2D eigenvalue weighted by molar-refractivity contribution is -0.385. The standard InChI is InChI=1S/C12H9FN2O2S/c13-12-7-10(15(16)17)2-1-9(12)8-18-11-3-5-14-6-4-11/h1-7H,8H2. The maximum atomic E-state index is 13.6. The summed E-state index contributed by atoms with van der Waals surface area (Å²) >= 11 is 1.45. The number of pyridine rings is 1. The van der Waals surface area contributed by atoms with E-state index in [0.717, 1.165) is 11.0 Å². The van der Waals surface area contributed by atoms with E-state index in [2.05, 4.69) is 4.98 Å². The van der Waals surface area contributed by atoms with E-state index in [1.165, 1.54) is 23.9 Å². The molecule has 0 aliphatic rings. The van der Waals surface area contributed by atoms with Gasteiger partial charge in [0.1, 0.15) is 5.82 Å². The van der Waals surface area contributed by atoms with Gasteiger partial charge in [0.25, 0.3) is 5.69 Å². The maximum absolute atomic E-state index is 13.6. The molecule has 0 fully saturated rings. The van der Waals surface area contributed by atoms with E-state index in [-0.39, 0.29) is 5.69 Å².